The third-order valence-corrected chi connectivity index (χ3v) is 3.84. The molecule has 0 bridgehead atoms. The number of carbonyl (C=O) groups excluding carboxylic acids is 2. The van der Waals surface area contributed by atoms with E-state index in [1.54, 1.807) is 12.1 Å². The van der Waals surface area contributed by atoms with Gasteiger partial charge in [-0.3, -0.25) is 9.59 Å². The van der Waals surface area contributed by atoms with E-state index < -0.39 is 5.97 Å². The first-order chi connectivity index (χ1) is 12.1. The minimum absolute atomic E-state index is 0.0477. The molecule has 0 aliphatic carbocycles. The van der Waals surface area contributed by atoms with Crippen LogP contribution in [-0.2, 0) is 20.7 Å². The summed E-state index contributed by atoms with van der Waals surface area (Å²) in [4.78, 5) is 23.9. The van der Waals surface area contributed by atoms with Gasteiger partial charge < -0.3 is 9.84 Å². The Bertz CT molecular complexity index is 785. The van der Waals surface area contributed by atoms with Crippen molar-refractivity contribution in [3.8, 4) is 5.75 Å². The molecule has 1 aliphatic heterocycles. The fourth-order valence-corrected chi connectivity index (χ4v) is 2.52. The van der Waals surface area contributed by atoms with Crippen LogP contribution in [0.4, 0.5) is 0 Å². The van der Waals surface area contributed by atoms with Crippen LogP contribution in [0.2, 0.25) is 0 Å². The van der Waals surface area contributed by atoms with Crippen LogP contribution < -0.4 is 0 Å². The summed E-state index contributed by atoms with van der Waals surface area (Å²) in [6, 6.07) is 15.9. The van der Waals surface area contributed by atoms with Crippen LogP contribution in [-0.4, -0.2) is 40.9 Å². The average Bonchev–Trinajstić information content (AvgIpc) is 3.13. The zero-order valence-corrected chi connectivity index (χ0v) is 13.6. The molecule has 0 unspecified atom stereocenters. The summed E-state index contributed by atoms with van der Waals surface area (Å²) >= 11 is 0. The SMILES string of the molecule is O=C(Cc1ccc(O)cc1)OCC(=O)N1CCC(c2ccccc2)=N1. The van der Waals surface area contributed by atoms with E-state index in [-0.39, 0.29) is 24.7 Å². The Balaban J connectivity index is 1.50. The first-order valence-electron chi connectivity index (χ1n) is 7.98. The molecule has 25 heavy (non-hydrogen) atoms. The standard InChI is InChI=1S/C19H18N2O4/c22-16-8-6-14(7-9-16)12-19(24)25-13-18(23)21-11-10-17(20-21)15-4-2-1-3-5-15/h1-9,22H,10-13H2. The number of esters is 1. The number of ether oxygens (including phenoxy) is 1. The van der Waals surface area contributed by atoms with Crippen LogP contribution in [0.3, 0.4) is 0 Å². The summed E-state index contributed by atoms with van der Waals surface area (Å²) in [6.07, 6.45) is 0.725. The number of rotatable bonds is 5. The smallest absolute Gasteiger partial charge is 0.310 e. The third-order valence-electron chi connectivity index (χ3n) is 3.84. The van der Waals surface area contributed by atoms with Gasteiger partial charge in [0.2, 0.25) is 0 Å². The number of nitrogens with zero attached hydrogens (tertiary/aromatic N) is 2. The highest BCUT2D eigenvalue weighted by Crippen LogP contribution is 2.14. The lowest BCUT2D eigenvalue weighted by atomic mass is 10.1. The fourth-order valence-electron chi connectivity index (χ4n) is 2.52. The summed E-state index contributed by atoms with van der Waals surface area (Å²) < 4.78 is 5.03. The molecule has 0 saturated carbocycles. The Labute approximate surface area is 145 Å². The normalized spacial score (nSPS) is 13.4. The number of aromatic hydroxyl groups is 1. The minimum atomic E-state index is -0.495. The molecule has 128 valence electrons. The number of hydrazone groups is 1. The number of hydrogen-bond donors (Lipinski definition) is 1. The van der Waals surface area contributed by atoms with Gasteiger partial charge in [-0.05, 0) is 23.3 Å². The summed E-state index contributed by atoms with van der Waals surface area (Å²) in [5.41, 5.74) is 2.55. The number of benzene rings is 2. The van der Waals surface area contributed by atoms with Crippen LogP contribution in [0, 0.1) is 0 Å². The van der Waals surface area contributed by atoms with E-state index in [1.165, 1.54) is 17.1 Å². The van der Waals surface area contributed by atoms with E-state index in [9.17, 15) is 14.7 Å². The topological polar surface area (TPSA) is 79.2 Å². The van der Waals surface area contributed by atoms with Crippen molar-refractivity contribution >= 4 is 17.6 Å². The van der Waals surface area contributed by atoms with Crippen LogP contribution in [0.25, 0.3) is 0 Å². The Hall–Kier alpha value is -3.15. The Kier molecular flexibility index (Phi) is 5.09. The molecule has 0 radical (unpaired) electrons. The number of amides is 1. The first-order valence-corrected chi connectivity index (χ1v) is 7.98. The van der Waals surface area contributed by atoms with E-state index in [1.807, 2.05) is 30.3 Å². The minimum Gasteiger partial charge on any atom is -0.508 e. The molecule has 1 N–H and O–H groups in total. The van der Waals surface area contributed by atoms with Gasteiger partial charge in [-0.2, -0.15) is 5.10 Å². The predicted octanol–water partition coefficient (Wildman–Crippen LogP) is 2.11. The maximum atomic E-state index is 12.1. The van der Waals surface area contributed by atoms with Gasteiger partial charge in [0.25, 0.3) is 5.91 Å². The van der Waals surface area contributed by atoms with Crippen molar-refractivity contribution in [3.63, 3.8) is 0 Å². The number of hydrogen-bond acceptors (Lipinski definition) is 5. The highest BCUT2D eigenvalue weighted by molar-refractivity contribution is 6.02. The van der Waals surface area contributed by atoms with Crippen LogP contribution in [0.5, 0.6) is 5.75 Å². The average molecular weight is 338 g/mol. The van der Waals surface area contributed by atoms with Crippen molar-refractivity contribution in [1.29, 1.82) is 0 Å². The second-order valence-electron chi connectivity index (χ2n) is 5.68. The Morgan fingerprint density at radius 2 is 1.80 bits per heavy atom. The van der Waals surface area contributed by atoms with Crippen molar-refractivity contribution in [3.05, 3.63) is 65.7 Å². The zero-order valence-electron chi connectivity index (χ0n) is 13.6. The molecule has 0 saturated heterocycles. The molecule has 6 nitrogen and oxygen atoms in total. The number of phenolic OH excluding ortho intramolecular Hbond substituents is 1. The molecule has 2 aromatic carbocycles. The van der Waals surface area contributed by atoms with Crippen molar-refractivity contribution in [2.45, 2.75) is 12.8 Å². The van der Waals surface area contributed by atoms with Gasteiger partial charge in [-0.1, -0.05) is 42.5 Å². The van der Waals surface area contributed by atoms with E-state index in [4.69, 9.17) is 4.74 Å². The van der Waals surface area contributed by atoms with Gasteiger partial charge in [0.05, 0.1) is 18.7 Å². The van der Waals surface area contributed by atoms with Crippen molar-refractivity contribution in [1.82, 2.24) is 5.01 Å². The van der Waals surface area contributed by atoms with Crippen molar-refractivity contribution in [2.24, 2.45) is 5.10 Å². The maximum absolute atomic E-state index is 12.1. The quantitative estimate of drug-likeness (QED) is 0.847. The highest BCUT2D eigenvalue weighted by atomic mass is 16.5. The monoisotopic (exact) mass is 338 g/mol. The van der Waals surface area contributed by atoms with Crippen LogP contribution in [0.1, 0.15) is 17.5 Å². The Morgan fingerprint density at radius 3 is 2.52 bits per heavy atom. The lowest BCUT2D eigenvalue weighted by Crippen LogP contribution is -2.29. The summed E-state index contributed by atoms with van der Waals surface area (Å²) in [5.74, 6) is -0.705. The Morgan fingerprint density at radius 1 is 1.08 bits per heavy atom. The van der Waals surface area contributed by atoms with Crippen LogP contribution >= 0.6 is 0 Å². The molecule has 1 heterocycles. The molecule has 3 rings (SSSR count). The van der Waals surface area contributed by atoms with Gasteiger partial charge >= 0.3 is 5.97 Å². The lowest BCUT2D eigenvalue weighted by molar-refractivity contribution is -0.151. The summed E-state index contributed by atoms with van der Waals surface area (Å²) in [6.45, 7) is 0.154. The first kappa shape index (κ1) is 16.7. The molecule has 6 heteroatoms. The van der Waals surface area contributed by atoms with E-state index in [0.717, 1.165) is 11.3 Å². The van der Waals surface area contributed by atoms with Gasteiger partial charge in [-0.25, -0.2) is 5.01 Å². The molecular weight excluding hydrogens is 320 g/mol. The molecule has 0 atom stereocenters. The number of phenols is 1. The molecule has 0 aromatic heterocycles. The van der Waals surface area contributed by atoms with E-state index in [2.05, 4.69) is 5.10 Å². The highest BCUT2D eigenvalue weighted by Gasteiger charge is 2.22. The van der Waals surface area contributed by atoms with Gasteiger partial charge in [0.15, 0.2) is 6.61 Å². The van der Waals surface area contributed by atoms with Crippen LogP contribution in [0.15, 0.2) is 59.7 Å². The van der Waals surface area contributed by atoms with E-state index >= 15 is 0 Å². The molecular formula is C19H18N2O4. The lowest BCUT2D eigenvalue weighted by Gasteiger charge is -2.11. The largest absolute Gasteiger partial charge is 0.508 e. The van der Waals surface area contributed by atoms with Gasteiger partial charge in [0.1, 0.15) is 5.75 Å². The fraction of sp³-hybridized carbons (Fsp3) is 0.211. The second kappa shape index (κ2) is 7.61. The van der Waals surface area contributed by atoms with Gasteiger partial charge in [0, 0.05) is 6.42 Å². The number of carbonyl (C=O) groups is 2. The molecule has 2 aromatic rings. The molecule has 1 amide bonds. The second-order valence-corrected chi connectivity index (χ2v) is 5.68. The summed E-state index contributed by atoms with van der Waals surface area (Å²) in [5, 5.41) is 14.9. The molecule has 0 fully saturated rings. The van der Waals surface area contributed by atoms with Crippen molar-refractivity contribution < 1.29 is 19.4 Å². The van der Waals surface area contributed by atoms with Gasteiger partial charge in [-0.15, -0.1) is 0 Å². The molecule has 1 aliphatic rings. The van der Waals surface area contributed by atoms with E-state index in [0.29, 0.717) is 18.5 Å². The molecule has 0 spiro atoms. The third kappa shape index (κ3) is 4.44. The predicted molar refractivity (Wildman–Crippen MR) is 92.1 cm³/mol. The van der Waals surface area contributed by atoms with Crippen molar-refractivity contribution in [2.75, 3.05) is 13.2 Å². The zero-order chi connectivity index (χ0) is 17.6. The maximum Gasteiger partial charge on any atom is 0.310 e. The summed E-state index contributed by atoms with van der Waals surface area (Å²) in [7, 11) is 0.